The molecule has 1 atom stereocenters. The Labute approximate surface area is 143 Å². The third kappa shape index (κ3) is 6.03. The molecule has 0 N–H and O–H groups in total. The average molecular weight is 342 g/mol. The molecule has 1 aromatic carbocycles. The number of rotatable bonds is 7. The molecule has 1 nitrogen and oxygen atoms in total. The lowest BCUT2D eigenvalue weighted by atomic mass is 9.73. The Morgan fingerprint density at radius 3 is 2.21 bits per heavy atom. The van der Waals surface area contributed by atoms with Gasteiger partial charge in [-0.15, -0.1) is 13.2 Å². The zero-order valence-electron chi connectivity index (χ0n) is 14.7. The Bertz CT molecular complexity index is 473. The zero-order chi connectivity index (χ0) is 17.6. The van der Waals surface area contributed by atoms with E-state index in [1.165, 1.54) is 63.5 Å². The predicted molar refractivity (Wildman–Crippen MR) is 91.1 cm³/mol. The summed E-state index contributed by atoms with van der Waals surface area (Å²) in [4.78, 5) is 0. The molecule has 0 spiro atoms. The number of unbranched alkanes of at least 4 members (excludes halogenated alkanes) is 2. The standard InChI is InChI=1S/C20H29F3O/c1-3-4-5-6-16-7-9-17(10-8-16)15(2)18-11-13-19(14-12-18)24-20(21,22)23/h11-17H,3-10H2,1-2H3. The van der Waals surface area contributed by atoms with Gasteiger partial charge >= 0.3 is 6.36 Å². The molecule has 24 heavy (non-hydrogen) atoms. The topological polar surface area (TPSA) is 9.23 Å². The van der Waals surface area contributed by atoms with E-state index in [1.807, 2.05) is 0 Å². The fourth-order valence-corrected chi connectivity index (χ4v) is 3.91. The minimum atomic E-state index is -4.62. The first-order valence-electron chi connectivity index (χ1n) is 9.24. The van der Waals surface area contributed by atoms with Gasteiger partial charge in [-0.3, -0.25) is 0 Å². The highest BCUT2D eigenvalue weighted by Crippen LogP contribution is 2.40. The summed E-state index contributed by atoms with van der Waals surface area (Å²) >= 11 is 0. The molecule has 0 amide bonds. The molecule has 1 aliphatic rings. The van der Waals surface area contributed by atoms with Crippen molar-refractivity contribution < 1.29 is 17.9 Å². The summed E-state index contributed by atoms with van der Waals surface area (Å²) in [5.41, 5.74) is 1.11. The van der Waals surface area contributed by atoms with Crippen molar-refractivity contribution in [1.82, 2.24) is 0 Å². The normalized spacial score (nSPS) is 23.0. The molecule has 1 unspecified atom stereocenters. The van der Waals surface area contributed by atoms with E-state index in [0.717, 1.165) is 11.5 Å². The maximum absolute atomic E-state index is 12.2. The number of halogens is 3. The van der Waals surface area contributed by atoms with Crippen molar-refractivity contribution >= 4 is 0 Å². The van der Waals surface area contributed by atoms with E-state index in [4.69, 9.17) is 0 Å². The minimum absolute atomic E-state index is 0.141. The summed E-state index contributed by atoms with van der Waals surface area (Å²) in [7, 11) is 0. The number of benzene rings is 1. The lowest BCUT2D eigenvalue weighted by molar-refractivity contribution is -0.274. The number of ether oxygens (including phenoxy) is 1. The molecule has 136 valence electrons. The van der Waals surface area contributed by atoms with Crippen LogP contribution >= 0.6 is 0 Å². The van der Waals surface area contributed by atoms with Crippen LogP contribution in [0.1, 0.15) is 76.7 Å². The molecule has 0 bridgehead atoms. The van der Waals surface area contributed by atoms with Crippen molar-refractivity contribution in [3.63, 3.8) is 0 Å². The van der Waals surface area contributed by atoms with Gasteiger partial charge in [0, 0.05) is 0 Å². The third-order valence-corrected chi connectivity index (χ3v) is 5.45. The summed E-state index contributed by atoms with van der Waals surface area (Å²) < 4.78 is 40.6. The van der Waals surface area contributed by atoms with Crippen molar-refractivity contribution in [2.75, 3.05) is 0 Å². The Morgan fingerprint density at radius 2 is 1.67 bits per heavy atom. The zero-order valence-corrected chi connectivity index (χ0v) is 14.7. The van der Waals surface area contributed by atoms with Crippen molar-refractivity contribution in [2.45, 2.75) is 77.5 Å². The van der Waals surface area contributed by atoms with Crippen LogP contribution in [0.15, 0.2) is 24.3 Å². The molecule has 1 aromatic rings. The molecule has 4 heteroatoms. The fraction of sp³-hybridized carbons (Fsp3) is 0.700. The molecule has 1 saturated carbocycles. The van der Waals surface area contributed by atoms with Gasteiger partial charge in [0.15, 0.2) is 0 Å². The van der Waals surface area contributed by atoms with Crippen LogP contribution in [0.25, 0.3) is 0 Å². The van der Waals surface area contributed by atoms with Crippen molar-refractivity contribution in [2.24, 2.45) is 11.8 Å². The monoisotopic (exact) mass is 342 g/mol. The van der Waals surface area contributed by atoms with E-state index in [9.17, 15) is 13.2 Å². The first kappa shape index (κ1) is 19.1. The summed E-state index contributed by atoms with van der Waals surface area (Å²) in [5, 5.41) is 0. The molecular formula is C20H29F3O. The predicted octanol–water partition coefficient (Wildman–Crippen LogP) is 7.08. The van der Waals surface area contributed by atoms with Crippen molar-refractivity contribution in [3.8, 4) is 5.75 Å². The highest BCUT2D eigenvalue weighted by molar-refractivity contribution is 5.29. The van der Waals surface area contributed by atoms with Gasteiger partial charge in [-0.2, -0.15) is 0 Å². The lowest BCUT2D eigenvalue weighted by Crippen LogP contribution is -2.19. The molecule has 2 rings (SSSR count). The van der Waals surface area contributed by atoms with Crippen LogP contribution in [0.4, 0.5) is 13.2 Å². The highest BCUT2D eigenvalue weighted by atomic mass is 19.4. The van der Waals surface area contributed by atoms with Crippen molar-refractivity contribution in [3.05, 3.63) is 29.8 Å². The van der Waals surface area contributed by atoms with E-state index in [0.29, 0.717) is 11.8 Å². The van der Waals surface area contributed by atoms with Gasteiger partial charge in [0.2, 0.25) is 0 Å². The van der Waals surface area contributed by atoms with E-state index in [2.05, 4.69) is 18.6 Å². The van der Waals surface area contributed by atoms with Gasteiger partial charge in [-0.05, 0) is 48.3 Å². The second-order valence-corrected chi connectivity index (χ2v) is 7.18. The summed E-state index contributed by atoms with van der Waals surface area (Å²) in [6.45, 7) is 4.44. The second kappa shape index (κ2) is 8.77. The number of hydrogen-bond donors (Lipinski definition) is 0. The Morgan fingerprint density at radius 1 is 1.04 bits per heavy atom. The van der Waals surface area contributed by atoms with Crippen LogP contribution in [0.5, 0.6) is 5.75 Å². The Hall–Kier alpha value is -1.19. The molecule has 0 aromatic heterocycles. The van der Waals surface area contributed by atoms with Crippen LogP contribution < -0.4 is 4.74 Å². The van der Waals surface area contributed by atoms with Gasteiger partial charge in [0.1, 0.15) is 5.75 Å². The summed E-state index contributed by atoms with van der Waals surface area (Å²) in [6.07, 6.45) is 5.77. The summed E-state index contributed by atoms with van der Waals surface area (Å²) in [6, 6.07) is 6.41. The first-order chi connectivity index (χ1) is 11.4. The van der Waals surface area contributed by atoms with Gasteiger partial charge in [0.05, 0.1) is 0 Å². The molecule has 0 radical (unpaired) electrons. The molecule has 0 saturated heterocycles. The van der Waals surface area contributed by atoms with Crippen molar-refractivity contribution in [1.29, 1.82) is 0 Å². The first-order valence-corrected chi connectivity index (χ1v) is 9.24. The Balaban J connectivity index is 1.83. The van der Waals surface area contributed by atoms with E-state index in [1.54, 1.807) is 12.1 Å². The molecule has 0 aliphatic heterocycles. The maximum atomic E-state index is 12.2. The number of alkyl halides is 3. The molecule has 0 heterocycles. The SMILES string of the molecule is CCCCCC1CCC(C(C)c2ccc(OC(F)(F)F)cc2)CC1. The minimum Gasteiger partial charge on any atom is -0.406 e. The highest BCUT2D eigenvalue weighted by Gasteiger charge is 2.31. The van der Waals surface area contributed by atoms with Gasteiger partial charge < -0.3 is 4.74 Å². The quantitative estimate of drug-likeness (QED) is 0.481. The smallest absolute Gasteiger partial charge is 0.406 e. The fourth-order valence-electron chi connectivity index (χ4n) is 3.91. The van der Waals surface area contributed by atoms with Crippen LogP contribution in [0.3, 0.4) is 0 Å². The lowest BCUT2D eigenvalue weighted by Gasteiger charge is -2.32. The van der Waals surface area contributed by atoms with E-state index in [-0.39, 0.29) is 5.75 Å². The molecule has 1 fully saturated rings. The largest absolute Gasteiger partial charge is 0.573 e. The van der Waals surface area contributed by atoms with Gasteiger partial charge in [-0.1, -0.05) is 64.5 Å². The van der Waals surface area contributed by atoms with E-state index >= 15 is 0 Å². The molecular weight excluding hydrogens is 313 g/mol. The van der Waals surface area contributed by atoms with Crippen LogP contribution in [0.2, 0.25) is 0 Å². The average Bonchev–Trinajstić information content (AvgIpc) is 2.54. The van der Waals surface area contributed by atoms with E-state index < -0.39 is 6.36 Å². The summed E-state index contributed by atoms with van der Waals surface area (Å²) in [5.74, 6) is 1.77. The van der Waals surface area contributed by atoms with Gasteiger partial charge in [-0.25, -0.2) is 0 Å². The third-order valence-electron chi connectivity index (χ3n) is 5.45. The second-order valence-electron chi connectivity index (χ2n) is 7.18. The van der Waals surface area contributed by atoms with Crippen LogP contribution in [0, 0.1) is 11.8 Å². The van der Waals surface area contributed by atoms with Gasteiger partial charge in [0.25, 0.3) is 0 Å². The number of hydrogen-bond acceptors (Lipinski definition) is 1. The van der Waals surface area contributed by atoms with Crippen LogP contribution in [-0.2, 0) is 0 Å². The molecule has 1 aliphatic carbocycles. The Kier molecular flexibility index (Phi) is 7.00. The maximum Gasteiger partial charge on any atom is 0.573 e. The van der Waals surface area contributed by atoms with Crippen LogP contribution in [-0.4, -0.2) is 6.36 Å².